The molecule has 158 valence electrons. The second kappa shape index (κ2) is 8.56. The molecule has 9 heteroatoms. The number of hydrogen-bond donors (Lipinski definition) is 0. The fourth-order valence-electron chi connectivity index (χ4n) is 3.08. The van der Waals surface area contributed by atoms with Crippen molar-refractivity contribution in [3.05, 3.63) is 77.1 Å². The number of rotatable bonds is 6. The number of carbonyl (C=O) groups is 1. The van der Waals surface area contributed by atoms with Crippen LogP contribution in [0.1, 0.15) is 40.1 Å². The van der Waals surface area contributed by atoms with E-state index in [2.05, 4.69) is 10.3 Å². The summed E-state index contributed by atoms with van der Waals surface area (Å²) in [4.78, 5) is 14.3. The van der Waals surface area contributed by atoms with E-state index in [1.165, 1.54) is 21.8 Å². The number of halogens is 3. The van der Waals surface area contributed by atoms with Crippen LogP contribution in [0.4, 0.5) is 13.2 Å². The van der Waals surface area contributed by atoms with Crippen molar-refractivity contribution in [2.45, 2.75) is 25.7 Å². The first-order valence-electron chi connectivity index (χ1n) is 9.17. The van der Waals surface area contributed by atoms with Gasteiger partial charge >= 0.3 is 6.18 Å². The molecule has 3 rings (SSSR count). The Hall–Kier alpha value is -3.36. The van der Waals surface area contributed by atoms with Crippen LogP contribution >= 0.6 is 0 Å². The standard InChI is InChI=1S/C21H21F3N4O2/c1-14(17-9-4-5-10-19(17)30-3)27(2)20(29)18-13-28(26-25-18)12-15-7-6-8-16(11-15)21(22,23)24/h4-11,13-14H,12H2,1-3H3/t14-/m0/s1. The molecule has 0 spiro atoms. The van der Waals surface area contributed by atoms with Crippen LogP contribution in [0, 0.1) is 0 Å². The lowest BCUT2D eigenvalue weighted by Gasteiger charge is -2.25. The summed E-state index contributed by atoms with van der Waals surface area (Å²) in [5, 5.41) is 7.78. The van der Waals surface area contributed by atoms with E-state index >= 15 is 0 Å². The van der Waals surface area contributed by atoms with Crippen LogP contribution in [0.15, 0.2) is 54.7 Å². The van der Waals surface area contributed by atoms with Crippen molar-refractivity contribution in [3.63, 3.8) is 0 Å². The minimum absolute atomic E-state index is 0.0655. The molecule has 0 aliphatic carbocycles. The quantitative estimate of drug-likeness (QED) is 0.602. The fraction of sp³-hybridized carbons (Fsp3) is 0.286. The van der Waals surface area contributed by atoms with E-state index < -0.39 is 11.7 Å². The average molecular weight is 418 g/mol. The fourth-order valence-corrected chi connectivity index (χ4v) is 3.08. The third-order valence-electron chi connectivity index (χ3n) is 4.85. The molecule has 0 bridgehead atoms. The summed E-state index contributed by atoms with van der Waals surface area (Å²) in [7, 11) is 3.21. The molecule has 1 heterocycles. The number of methoxy groups -OCH3 is 1. The van der Waals surface area contributed by atoms with Crippen LogP contribution in [0.5, 0.6) is 5.75 Å². The number of carbonyl (C=O) groups excluding carboxylic acids is 1. The van der Waals surface area contributed by atoms with Gasteiger partial charge in [-0.25, -0.2) is 4.68 Å². The number of amides is 1. The van der Waals surface area contributed by atoms with E-state index in [9.17, 15) is 18.0 Å². The van der Waals surface area contributed by atoms with E-state index in [-0.39, 0.29) is 24.2 Å². The molecule has 0 saturated carbocycles. The lowest BCUT2D eigenvalue weighted by molar-refractivity contribution is -0.137. The van der Waals surface area contributed by atoms with Gasteiger partial charge in [0.2, 0.25) is 0 Å². The molecular formula is C21H21F3N4O2. The highest BCUT2D eigenvalue weighted by atomic mass is 19.4. The van der Waals surface area contributed by atoms with Gasteiger partial charge in [-0.2, -0.15) is 13.2 Å². The molecule has 3 aromatic rings. The van der Waals surface area contributed by atoms with Crippen LogP contribution in [-0.2, 0) is 12.7 Å². The molecule has 0 aliphatic heterocycles. The molecule has 2 aromatic carbocycles. The monoisotopic (exact) mass is 418 g/mol. The average Bonchev–Trinajstić information content (AvgIpc) is 3.20. The number of hydrogen-bond acceptors (Lipinski definition) is 4. The molecule has 0 N–H and O–H groups in total. The molecule has 1 atom stereocenters. The first-order valence-corrected chi connectivity index (χ1v) is 9.17. The van der Waals surface area contributed by atoms with Crippen molar-refractivity contribution in [1.82, 2.24) is 19.9 Å². The van der Waals surface area contributed by atoms with Crippen molar-refractivity contribution in [1.29, 1.82) is 0 Å². The summed E-state index contributed by atoms with van der Waals surface area (Å²) in [6.45, 7) is 1.93. The molecule has 0 fully saturated rings. The Morgan fingerprint density at radius 2 is 1.93 bits per heavy atom. The Bertz CT molecular complexity index is 1030. The Labute approximate surface area is 171 Å². The highest BCUT2D eigenvalue weighted by Gasteiger charge is 2.30. The summed E-state index contributed by atoms with van der Waals surface area (Å²) in [6.07, 6.45) is -3.00. The summed E-state index contributed by atoms with van der Waals surface area (Å²) < 4.78 is 45.3. The lowest BCUT2D eigenvalue weighted by Crippen LogP contribution is -2.30. The van der Waals surface area contributed by atoms with Crippen LogP contribution < -0.4 is 4.74 Å². The van der Waals surface area contributed by atoms with Crippen LogP contribution in [0.2, 0.25) is 0 Å². The van der Waals surface area contributed by atoms with Gasteiger partial charge in [0.05, 0.1) is 31.5 Å². The second-order valence-corrected chi connectivity index (χ2v) is 6.83. The van der Waals surface area contributed by atoms with Gasteiger partial charge in [-0.1, -0.05) is 35.5 Å². The van der Waals surface area contributed by atoms with Gasteiger partial charge in [0.25, 0.3) is 5.91 Å². The van der Waals surface area contributed by atoms with Crippen molar-refractivity contribution in [2.75, 3.05) is 14.2 Å². The summed E-state index contributed by atoms with van der Waals surface area (Å²) >= 11 is 0. The number of alkyl halides is 3. The number of benzene rings is 2. The number of ether oxygens (including phenoxy) is 1. The van der Waals surface area contributed by atoms with Gasteiger partial charge < -0.3 is 9.64 Å². The van der Waals surface area contributed by atoms with Gasteiger partial charge in [0.1, 0.15) is 5.75 Å². The predicted molar refractivity (Wildman–Crippen MR) is 104 cm³/mol. The van der Waals surface area contributed by atoms with Crippen molar-refractivity contribution < 1.29 is 22.7 Å². The van der Waals surface area contributed by atoms with Crippen molar-refractivity contribution >= 4 is 5.91 Å². The molecule has 0 radical (unpaired) electrons. The van der Waals surface area contributed by atoms with Crippen LogP contribution in [0.3, 0.4) is 0 Å². The maximum Gasteiger partial charge on any atom is 0.416 e. The van der Waals surface area contributed by atoms with Crippen LogP contribution in [0.25, 0.3) is 0 Å². The molecule has 0 saturated heterocycles. The molecule has 6 nitrogen and oxygen atoms in total. The molecule has 1 aromatic heterocycles. The summed E-state index contributed by atoms with van der Waals surface area (Å²) in [5.74, 6) is 0.307. The van der Waals surface area contributed by atoms with Gasteiger partial charge in [-0.05, 0) is 30.7 Å². The Morgan fingerprint density at radius 1 is 1.20 bits per heavy atom. The number of para-hydroxylation sites is 1. The van der Waals surface area contributed by atoms with Crippen molar-refractivity contribution in [2.24, 2.45) is 0 Å². The molecular weight excluding hydrogens is 397 g/mol. The SMILES string of the molecule is COc1ccccc1[C@H](C)N(C)C(=O)c1cn(Cc2cccc(C(F)(F)F)c2)nn1. The maximum atomic E-state index is 12.9. The zero-order chi connectivity index (χ0) is 21.9. The number of nitrogens with zero attached hydrogens (tertiary/aromatic N) is 4. The molecule has 0 aliphatic rings. The topological polar surface area (TPSA) is 60.2 Å². The zero-order valence-corrected chi connectivity index (χ0v) is 16.7. The Morgan fingerprint density at radius 3 is 2.63 bits per heavy atom. The molecule has 0 unspecified atom stereocenters. The van der Waals surface area contributed by atoms with Gasteiger partial charge in [0.15, 0.2) is 5.69 Å². The van der Waals surface area contributed by atoms with E-state index in [4.69, 9.17) is 4.74 Å². The van der Waals surface area contributed by atoms with E-state index in [0.717, 1.165) is 17.7 Å². The van der Waals surface area contributed by atoms with E-state index in [0.29, 0.717) is 11.3 Å². The summed E-state index contributed by atoms with van der Waals surface area (Å²) in [6, 6.07) is 12.1. The van der Waals surface area contributed by atoms with E-state index in [1.807, 2.05) is 31.2 Å². The summed E-state index contributed by atoms with van der Waals surface area (Å²) in [5.41, 5.74) is 0.615. The minimum Gasteiger partial charge on any atom is -0.496 e. The van der Waals surface area contributed by atoms with Gasteiger partial charge in [-0.15, -0.1) is 5.10 Å². The first-order chi connectivity index (χ1) is 14.2. The van der Waals surface area contributed by atoms with Crippen molar-refractivity contribution in [3.8, 4) is 5.75 Å². The van der Waals surface area contributed by atoms with Crippen LogP contribution in [-0.4, -0.2) is 40.0 Å². The third-order valence-corrected chi connectivity index (χ3v) is 4.85. The maximum absolute atomic E-state index is 12.9. The second-order valence-electron chi connectivity index (χ2n) is 6.83. The van der Waals surface area contributed by atoms with E-state index in [1.54, 1.807) is 20.2 Å². The smallest absolute Gasteiger partial charge is 0.416 e. The largest absolute Gasteiger partial charge is 0.496 e. The first kappa shape index (κ1) is 21.4. The highest BCUT2D eigenvalue weighted by Crippen LogP contribution is 2.30. The van der Waals surface area contributed by atoms with Gasteiger partial charge in [-0.3, -0.25) is 4.79 Å². The molecule has 30 heavy (non-hydrogen) atoms. The Kier molecular flexibility index (Phi) is 6.09. The molecule has 1 amide bonds. The predicted octanol–water partition coefficient (Wildman–Crippen LogP) is 4.19. The highest BCUT2D eigenvalue weighted by molar-refractivity contribution is 5.92. The zero-order valence-electron chi connectivity index (χ0n) is 16.7. The van der Waals surface area contributed by atoms with Gasteiger partial charge in [0, 0.05) is 12.6 Å². The normalized spacial score (nSPS) is 12.5. The Balaban J connectivity index is 1.75. The lowest BCUT2D eigenvalue weighted by atomic mass is 10.1. The third kappa shape index (κ3) is 4.61. The number of aromatic nitrogens is 3. The minimum atomic E-state index is -4.42.